The fraction of sp³-hybridized carbons (Fsp3) is 0.194. The van der Waals surface area contributed by atoms with Crippen molar-refractivity contribution >= 4 is 29.2 Å². The number of benzene rings is 4. The molecule has 1 aromatic heterocycles. The van der Waals surface area contributed by atoms with E-state index in [1.54, 1.807) is 54.5 Å². The standard InChI is InChI=1S/C36H34N4O5S/c1-24-32(23-46-36-37-20-5-21-38-36)44-34(45-33(24)26-10-8-25(22-41)9-11-26)27-12-14-28(15-13-27)39-35(42)40-29-16-18-31(19-17-29)43-30-6-3-2-4-7-30/h2-21,24,32-34,41H,22-23H2,1H3,(H2,39,40,42)/t24-,32+,33+,34+/m0/s1. The Labute approximate surface area is 272 Å². The third kappa shape index (κ3) is 8.09. The number of ether oxygens (including phenoxy) is 3. The van der Waals surface area contributed by atoms with Crippen LogP contribution >= 0.6 is 11.8 Å². The summed E-state index contributed by atoms with van der Waals surface area (Å²) in [5.74, 6) is 2.10. The number of carbonyl (C=O) groups is 1. The lowest BCUT2D eigenvalue weighted by Crippen LogP contribution is -2.38. The highest BCUT2D eigenvalue weighted by Crippen LogP contribution is 2.43. The van der Waals surface area contributed by atoms with Gasteiger partial charge in [0.05, 0.1) is 18.8 Å². The van der Waals surface area contributed by atoms with Gasteiger partial charge in [-0.2, -0.15) is 0 Å². The molecule has 4 atom stereocenters. The summed E-state index contributed by atoms with van der Waals surface area (Å²) in [5, 5.41) is 15.9. The highest BCUT2D eigenvalue weighted by atomic mass is 32.2. The Kier molecular flexibility index (Phi) is 10.2. The van der Waals surface area contributed by atoms with Gasteiger partial charge >= 0.3 is 6.03 Å². The first-order valence-electron chi connectivity index (χ1n) is 15.0. The third-order valence-corrected chi connectivity index (χ3v) is 8.54. The highest BCUT2D eigenvalue weighted by molar-refractivity contribution is 7.99. The molecule has 1 fully saturated rings. The zero-order valence-corrected chi connectivity index (χ0v) is 26.0. The summed E-state index contributed by atoms with van der Waals surface area (Å²) in [6.07, 6.45) is 2.45. The van der Waals surface area contributed by atoms with Gasteiger partial charge in [-0.25, -0.2) is 14.8 Å². The molecule has 4 aromatic carbocycles. The van der Waals surface area contributed by atoms with E-state index >= 15 is 0 Å². The minimum Gasteiger partial charge on any atom is -0.457 e. The lowest BCUT2D eigenvalue weighted by Gasteiger charge is -2.41. The Balaban J connectivity index is 1.10. The quantitative estimate of drug-likeness (QED) is 0.105. The molecule has 2 heterocycles. The molecule has 0 spiro atoms. The summed E-state index contributed by atoms with van der Waals surface area (Å²) in [6, 6.07) is 33.4. The van der Waals surface area contributed by atoms with E-state index in [9.17, 15) is 9.90 Å². The van der Waals surface area contributed by atoms with Gasteiger partial charge in [-0.1, -0.05) is 73.3 Å². The lowest BCUT2D eigenvalue weighted by molar-refractivity contribution is -0.268. The molecule has 0 saturated carbocycles. The summed E-state index contributed by atoms with van der Waals surface area (Å²) in [5.41, 5.74) is 3.94. The Hall–Kier alpha value is -4.74. The molecule has 0 radical (unpaired) electrons. The van der Waals surface area contributed by atoms with Crippen LogP contribution in [0.25, 0.3) is 0 Å². The molecule has 1 aliphatic heterocycles. The Morgan fingerprint density at radius 1 is 0.783 bits per heavy atom. The van der Waals surface area contributed by atoms with E-state index in [-0.39, 0.29) is 30.8 Å². The van der Waals surface area contributed by atoms with Crippen molar-refractivity contribution in [3.8, 4) is 11.5 Å². The van der Waals surface area contributed by atoms with Crippen molar-refractivity contribution in [1.29, 1.82) is 0 Å². The first-order chi connectivity index (χ1) is 22.5. The number of aliphatic hydroxyl groups excluding tert-OH is 1. The van der Waals surface area contributed by atoms with Crippen LogP contribution in [0, 0.1) is 5.92 Å². The van der Waals surface area contributed by atoms with Gasteiger partial charge in [0.1, 0.15) is 11.5 Å². The second-order valence-electron chi connectivity index (χ2n) is 10.8. The second-order valence-corrected chi connectivity index (χ2v) is 11.8. The predicted octanol–water partition coefficient (Wildman–Crippen LogP) is 7.99. The number of rotatable bonds is 10. The number of nitrogens with one attached hydrogen (secondary N) is 2. The zero-order valence-electron chi connectivity index (χ0n) is 25.2. The maximum Gasteiger partial charge on any atom is 0.323 e. The molecule has 9 nitrogen and oxygen atoms in total. The number of aromatic nitrogens is 2. The molecule has 0 aliphatic carbocycles. The van der Waals surface area contributed by atoms with Crippen LogP contribution in [0.15, 0.2) is 127 Å². The van der Waals surface area contributed by atoms with E-state index in [0.717, 1.165) is 22.4 Å². The summed E-state index contributed by atoms with van der Waals surface area (Å²) >= 11 is 1.54. The van der Waals surface area contributed by atoms with Crippen LogP contribution in [0.1, 0.15) is 36.0 Å². The van der Waals surface area contributed by atoms with Crippen molar-refractivity contribution in [2.75, 3.05) is 16.4 Å². The van der Waals surface area contributed by atoms with E-state index in [2.05, 4.69) is 27.5 Å². The fourth-order valence-electron chi connectivity index (χ4n) is 5.07. The van der Waals surface area contributed by atoms with E-state index in [0.29, 0.717) is 28.0 Å². The predicted molar refractivity (Wildman–Crippen MR) is 178 cm³/mol. The van der Waals surface area contributed by atoms with Gasteiger partial charge in [0, 0.05) is 41.0 Å². The number of nitrogens with zero attached hydrogens (tertiary/aromatic N) is 2. The number of carbonyl (C=O) groups excluding carboxylic acids is 1. The molecule has 3 N–H and O–H groups in total. The van der Waals surface area contributed by atoms with Crippen molar-refractivity contribution < 1.29 is 24.1 Å². The largest absolute Gasteiger partial charge is 0.457 e. The van der Waals surface area contributed by atoms with Crippen LogP contribution in [0.5, 0.6) is 11.5 Å². The van der Waals surface area contributed by atoms with Gasteiger partial charge in [-0.15, -0.1) is 0 Å². The summed E-state index contributed by atoms with van der Waals surface area (Å²) in [6.45, 7) is 2.10. The average molecular weight is 635 g/mol. The van der Waals surface area contributed by atoms with Crippen molar-refractivity contribution in [1.82, 2.24) is 9.97 Å². The van der Waals surface area contributed by atoms with Crippen molar-refractivity contribution in [2.45, 2.75) is 37.2 Å². The fourth-order valence-corrected chi connectivity index (χ4v) is 6.04. The number of amides is 2. The molecular formula is C36H34N4O5S. The van der Waals surface area contributed by atoms with Crippen LogP contribution in [-0.4, -0.2) is 33.0 Å². The molecule has 46 heavy (non-hydrogen) atoms. The summed E-state index contributed by atoms with van der Waals surface area (Å²) in [4.78, 5) is 21.4. The molecule has 5 aromatic rings. The van der Waals surface area contributed by atoms with Crippen molar-refractivity contribution in [3.05, 3.63) is 138 Å². The van der Waals surface area contributed by atoms with Gasteiger partial charge in [0.2, 0.25) is 0 Å². The molecule has 2 amide bonds. The highest BCUT2D eigenvalue weighted by Gasteiger charge is 2.38. The molecule has 234 valence electrons. The van der Waals surface area contributed by atoms with E-state index in [1.165, 1.54) is 0 Å². The maximum atomic E-state index is 12.7. The second kappa shape index (κ2) is 15.0. The Morgan fingerprint density at radius 3 is 2.04 bits per heavy atom. The Bertz CT molecular complexity index is 1690. The number of para-hydroxylation sites is 1. The molecule has 1 saturated heterocycles. The van der Waals surface area contributed by atoms with Gasteiger partial charge < -0.3 is 30.0 Å². The molecule has 1 aliphatic rings. The SMILES string of the molecule is C[C@H]1[C@@H](CSc2ncccn2)O[C@@H](c2ccc(NC(=O)Nc3ccc(Oc4ccccc4)cc3)cc2)O[C@H]1c1ccc(CO)cc1. The average Bonchev–Trinajstić information content (AvgIpc) is 3.10. The number of urea groups is 1. The van der Waals surface area contributed by atoms with Crippen LogP contribution in [0.2, 0.25) is 0 Å². The topological polar surface area (TPSA) is 115 Å². The molecule has 0 unspecified atom stereocenters. The molecule has 0 bridgehead atoms. The van der Waals surface area contributed by atoms with Crippen LogP contribution < -0.4 is 15.4 Å². The first-order valence-corrected chi connectivity index (χ1v) is 15.9. The van der Waals surface area contributed by atoms with E-state index < -0.39 is 6.29 Å². The van der Waals surface area contributed by atoms with E-state index in [4.69, 9.17) is 14.2 Å². The van der Waals surface area contributed by atoms with Gasteiger partial charge in [-0.3, -0.25) is 0 Å². The first kappa shape index (κ1) is 31.3. The smallest absolute Gasteiger partial charge is 0.323 e. The Morgan fingerprint density at radius 2 is 1.39 bits per heavy atom. The van der Waals surface area contributed by atoms with Crippen LogP contribution in [0.3, 0.4) is 0 Å². The summed E-state index contributed by atoms with van der Waals surface area (Å²) < 4.78 is 18.9. The minimum atomic E-state index is -0.625. The summed E-state index contributed by atoms with van der Waals surface area (Å²) in [7, 11) is 0. The minimum absolute atomic E-state index is 0.0160. The van der Waals surface area contributed by atoms with Gasteiger partial charge in [0.15, 0.2) is 11.4 Å². The molecule has 6 rings (SSSR count). The monoisotopic (exact) mass is 634 g/mol. The van der Waals surface area contributed by atoms with Crippen LogP contribution in [-0.2, 0) is 16.1 Å². The van der Waals surface area contributed by atoms with Crippen LogP contribution in [0.4, 0.5) is 16.2 Å². The van der Waals surface area contributed by atoms with Crippen molar-refractivity contribution in [2.24, 2.45) is 5.92 Å². The number of aliphatic hydroxyl groups is 1. The van der Waals surface area contributed by atoms with E-state index in [1.807, 2.05) is 78.9 Å². The molecular weight excluding hydrogens is 600 g/mol. The van der Waals surface area contributed by atoms with Gasteiger partial charge in [-0.05, 0) is 65.7 Å². The number of anilines is 2. The lowest BCUT2D eigenvalue weighted by atomic mass is 9.91. The van der Waals surface area contributed by atoms with Gasteiger partial charge in [0.25, 0.3) is 0 Å². The number of hydrogen-bond acceptors (Lipinski definition) is 8. The third-order valence-electron chi connectivity index (χ3n) is 7.57. The maximum absolute atomic E-state index is 12.7. The number of thioether (sulfide) groups is 1. The normalized spacial score (nSPS) is 19.3. The zero-order chi connectivity index (χ0) is 31.7. The molecule has 10 heteroatoms. The number of hydrogen-bond donors (Lipinski definition) is 3. The van der Waals surface area contributed by atoms with Crippen molar-refractivity contribution in [3.63, 3.8) is 0 Å².